The van der Waals surface area contributed by atoms with E-state index in [0.717, 1.165) is 19.3 Å². The van der Waals surface area contributed by atoms with Gasteiger partial charge in [0, 0.05) is 12.8 Å². The summed E-state index contributed by atoms with van der Waals surface area (Å²) in [6, 6.07) is 0. The van der Waals surface area contributed by atoms with Crippen LogP contribution < -0.4 is 0 Å². The van der Waals surface area contributed by atoms with E-state index in [2.05, 4.69) is 0 Å². The molecule has 0 aromatic rings. The molecule has 4 nitrogen and oxygen atoms in total. The molecule has 0 bridgehead atoms. The van der Waals surface area contributed by atoms with E-state index in [1.807, 2.05) is 0 Å². The minimum atomic E-state index is -0.648. The second-order valence-electron chi connectivity index (χ2n) is 19.1. The van der Waals surface area contributed by atoms with Crippen molar-refractivity contribution in [3.8, 4) is 0 Å². The minimum absolute atomic E-state index is 0.0609. The van der Waals surface area contributed by atoms with Gasteiger partial charge in [-0.05, 0) is 12.8 Å². The first-order chi connectivity index (χ1) is 29.2. The van der Waals surface area contributed by atoms with Crippen LogP contribution in [0.25, 0.3) is 0 Å². The van der Waals surface area contributed by atoms with Crippen LogP contribution in [0.5, 0.6) is 0 Å². The lowest BCUT2D eigenvalue weighted by Crippen LogP contribution is -1.99. The van der Waals surface area contributed by atoms with Crippen molar-refractivity contribution >= 4 is 11.9 Å². The molecule has 0 saturated heterocycles. The number of carboxylic acids is 1. The fourth-order valence-electron chi connectivity index (χ4n) is 9.13. The van der Waals surface area contributed by atoms with Gasteiger partial charge in [-0.3, -0.25) is 9.59 Å². The first-order valence-electron chi connectivity index (χ1n) is 27.5. The summed E-state index contributed by atoms with van der Waals surface area (Å²) >= 11 is 0. The van der Waals surface area contributed by atoms with E-state index >= 15 is 0 Å². The van der Waals surface area contributed by atoms with Crippen molar-refractivity contribution in [2.45, 2.75) is 334 Å². The predicted octanol–water partition coefficient (Wildman–Crippen LogP) is 19.5. The van der Waals surface area contributed by atoms with E-state index in [9.17, 15) is 9.59 Å². The Morgan fingerprint density at radius 3 is 0.475 bits per heavy atom. The molecule has 0 heterocycles. The van der Waals surface area contributed by atoms with Gasteiger partial charge >= 0.3 is 11.9 Å². The fourth-order valence-corrected chi connectivity index (χ4v) is 9.13. The van der Waals surface area contributed by atoms with Crippen LogP contribution in [0.15, 0.2) is 0 Å². The van der Waals surface area contributed by atoms with Crippen LogP contribution >= 0.6 is 0 Å². The molecule has 352 valence electrons. The van der Waals surface area contributed by atoms with Crippen LogP contribution in [0, 0.1) is 0 Å². The van der Waals surface area contributed by atoms with Gasteiger partial charge in [-0.15, -0.1) is 0 Å². The molecule has 0 spiro atoms. The van der Waals surface area contributed by atoms with Crippen LogP contribution in [0.4, 0.5) is 0 Å². The normalized spacial score (nSPS) is 11.5. The molecule has 0 aliphatic heterocycles. The Morgan fingerprint density at radius 2 is 0.356 bits per heavy atom. The maximum Gasteiger partial charge on any atom is 0.305 e. The predicted molar refractivity (Wildman–Crippen MR) is 260 cm³/mol. The maximum absolute atomic E-state index is 11.1. The average molecular weight is 833 g/mol. The van der Waals surface area contributed by atoms with Crippen LogP contribution in [0.3, 0.4) is 0 Å². The summed E-state index contributed by atoms with van der Waals surface area (Å²) in [5, 5.41) is 8.67. The first-order valence-corrected chi connectivity index (χ1v) is 27.5. The van der Waals surface area contributed by atoms with E-state index in [4.69, 9.17) is 9.84 Å². The Hall–Kier alpha value is -1.06. The molecule has 0 atom stereocenters. The van der Waals surface area contributed by atoms with Gasteiger partial charge in [-0.25, -0.2) is 0 Å². The number of carbonyl (C=O) groups is 2. The zero-order valence-electron chi connectivity index (χ0n) is 40.4. The Kier molecular flexibility index (Phi) is 52.1. The molecular weight excluding hydrogens is 725 g/mol. The SMILES string of the molecule is COC(=O)CCCCCCCCCCCCCCCCCCCCCCCCCCCCCCCCCCCCCCCCCCCCCCCCCCCCC(=O)O. The highest BCUT2D eigenvalue weighted by atomic mass is 16.5. The van der Waals surface area contributed by atoms with E-state index in [1.165, 1.54) is 309 Å². The summed E-state index contributed by atoms with van der Waals surface area (Å²) in [6.07, 6.45) is 71.1. The Balaban J connectivity index is 3.07. The molecule has 4 heteroatoms. The monoisotopic (exact) mass is 833 g/mol. The van der Waals surface area contributed by atoms with E-state index < -0.39 is 5.97 Å². The zero-order valence-corrected chi connectivity index (χ0v) is 40.4. The van der Waals surface area contributed by atoms with Crippen LogP contribution in [-0.4, -0.2) is 24.2 Å². The summed E-state index contributed by atoms with van der Waals surface area (Å²) < 4.78 is 4.70. The highest BCUT2D eigenvalue weighted by Crippen LogP contribution is 2.19. The third-order valence-electron chi connectivity index (χ3n) is 13.2. The number of ether oxygens (including phenoxy) is 1. The van der Waals surface area contributed by atoms with Crippen LogP contribution in [0.1, 0.15) is 334 Å². The number of carboxylic acid groups (broad SMARTS) is 1. The third-order valence-corrected chi connectivity index (χ3v) is 13.2. The largest absolute Gasteiger partial charge is 0.481 e. The summed E-state index contributed by atoms with van der Waals surface area (Å²) in [7, 11) is 1.48. The second kappa shape index (κ2) is 53.1. The molecule has 0 fully saturated rings. The number of methoxy groups -OCH3 is 1. The number of aliphatic carboxylic acids is 1. The van der Waals surface area contributed by atoms with Gasteiger partial charge in [-0.1, -0.05) is 308 Å². The molecular formula is C55H108O4. The van der Waals surface area contributed by atoms with Crippen molar-refractivity contribution in [3.63, 3.8) is 0 Å². The summed E-state index contributed by atoms with van der Waals surface area (Å²) in [5.74, 6) is -0.709. The van der Waals surface area contributed by atoms with Crippen molar-refractivity contribution in [1.29, 1.82) is 0 Å². The highest BCUT2D eigenvalue weighted by molar-refractivity contribution is 5.69. The fraction of sp³-hybridized carbons (Fsp3) is 0.964. The number of esters is 1. The number of carbonyl (C=O) groups excluding carboxylic acids is 1. The third kappa shape index (κ3) is 54.9. The smallest absolute Gasteiger partial charge is 0.305 e. The van der Waals surface area contributed by atoms with Crippen LogP contribution in [0.2, 0.25) is 0 Å². The molecule has 0 radical (unpaired) electrons. The Labute approximate surface area is 371 Å². The molecule has 0 rings (SSSR count). The van der Waals surface area contributed by atoms with Gasteiger partial charge in [0.05, 0.1) is 7.11 Å². The van der Waals surface area contributed by atoms with E-state index in [0.29, 0.717) is 12.8 Å². The maximum atomic E-state index is 11.1. The van der Waals surface area contributed by atoms with Gasteiger partial charge in [0.15, 0.2) is 0 Å². The molecule has 0 aromatic carbocycles. The number of rotatable bonds is 53. The highest BCUT2D eigenvalue weighted by Gasteiger charge is 2.01. The molecule has 0 unspecified atom stereocenters. The zero-order chi connectivity index (χ0) is 42.6. The summed E-state index contributed by atoms with van der Waals surface area (Å²) in [4.78, 5) is 21.6. The van der Waals surface area contributed by atoms with E-state index in [-0.39, 0.29) is 5.97 Å². The lowest BCUT2D eigenvalue weighted by Gasteiger charge is -2.05. The molecule has 0 aromatic heterocycles. The summed E-state index contributed by atoms with van der Waals surface area (Å²) in [5.41, 5.74) is 0. The van der Waals surface area contributed by atoms with Crippen molar-refractivity contribution in [3.05, 3.63) is 0 Å². The summed E-state index contributed by atoms with van der Waals surface area (Å²) in [6.45, 7) is 0. The molecule has 0 amide bonds. The second-order valence-corrected chi connectivity index (χ2v) is 19.1. The van der Waals surface area contributed by atoms with Gasteiger partial charge < -0.3 is 9.84 Å². The molecule has 0 aliphatic rings. The van der Waals surface area contributed by atoms with Gasteiger partial charge in [0.1, 0.15) is 0 Å². The number of unbranched alkanes of at least 4 members (excludes halogenated alkanes) is 49. The quantitative estimate of drug-likeness (QED) is 0.0490. The lowest BCUT2D eigenvalue weighted by atomic mass is 10.0. The van der Waals surface area contributed by atoms with Gasteiger partial charge in [0.25, 0.3) is 0 Å². The standard InChI is InChI=1S/C55H108O4/c1-59-55(58)53-51-49-47-45-43-41-39-37-35-33-31-29-27-25-23-21-19-17-15-13-11-9-7-5-3-2-4-6-8-10-12-14-16-18-20-22-24-26-28-30-32-34-36-38-40-42-44-46-48-50-52-54(56)57/h2-53H2,1H3,(H,56,57). The molecule has 59 heavy (non-hydrogen) atoms. The van der Waals surface area contributed by atoms with Crippen LogP contribution in [-0.2, 0) is 14.3 Å². The first kappa shape index (κ1) is 57.9. The van der Waals surface area contributed by atoms with Crippen molar-refractivity contribution in [2.75, 3.05) is 7.11 Å². The molecule has 0 saturated carbocycles. The van der Waals surface area contributed by atoms with Gasteiger partial charge in [-0.2, -0.15) is 0 Å². The topological polar surface area (TPSA) is 63.6 Å². The Morgan fingerprint density at radius 1 is 0.237 bits per heavy atom. The van der Waals surface area contributed by atoms with Crippen molar-refractivity contribution < 1.29 is 19.4 Å². The lowest BCUT2D eigenvalue weighted by molar-refractivity contribution is -0.141. The number of hydrogen-bond donors (Lipinski definition) is 1. The molecule has 1 N–H and O–H groups in total. The Bertz CT molecular complexity index is 796. The van der Waals surface area contributed by atoms with Gasteiger partial charge in [0.2, 0.25) is 0 Å². The minimum Gasteiger partial charge on any atom is -0.481 e. The van der Waals surface area contributed by atoms with Crippen molar-refractivity contribution in [2.24, 2.45) is 0 Å². The number of hydrogen-bond acceptors (Lipinski definition) is 3. The molecule has 0 aliphatic carbocycles. The van der Waals surface area contributed by atoms with Crippen molar-refractivity contribution in [1.82, 2.24) is 0 Å². The van der Waals surface area contributed by atoms with E-state index in [1.54, 1.807) is 0 Å². The average Bonchev–Trinajstić information content (AvgIpc) is 3.23.